The molecular formula is C16H28N2O3. The fraction of sp³-hybridized carbons (Fsp3) is 0.875. The van der Waals surface area contributed by atoms with Crippen molar-refractivity contribution in [2.45, 2.75) is 88.1 Å². The van der Waals surface area contributed by atoms with Gasteiger partial charge in [0.1, 0.15) is 0 Å². The van der Waals surface area contributed by atoms with Crippen LogP contribution in [0.2, 0.25) is 0 Å². The number of nitrogens with two attached hydrogens (primary N) is 1. The van der Waals surface area contributed by atoms with Crippen LogP contribution in [-0.2, 0) is 9.59 Å². The maximum Gasteiger partial charge on any atom is 0.305 e. The Hall–Kier alpha value is -1.10. The van der Waals surface area contributed by atoms with Crippen molar-refractivity contribution in [2.24, 2.45) is 5.73 Å². The van der Waals surface area contributed by atoms with Gasteiger partial charge in [0, 0.05) is 12.0 Å². The van der Waals surface area contributed by atoms with Crippen LogP contribution in [0.3, 0.4) is 0 Å². The summed E-state index contributed by atoms with van der Waals surface area (Å²) in [5.74, 6) is -0.903. The van der Waals surface area contributed by atoms with E-state index in [1.807, 2.05) is 0 Å². The smallest absolute Gasteiger partial charge is 0.305 e. The number of nitrogens with one attached hydrogen (secondary N) is 1. The van der Waals surface area contributed by atoms with Crippen molar-refractivity contribution in [1.29, 1.82) is 0 Å². The fourth-order valence-corrected chi connectivity index (χ4v) is 3.96. The minimum absolute atomic E-state index is 0.0241. The van der Waals surface area contributed by atoms with Gasteiger partial charge in [0.05, 0.1) is 12.0 Å². The molecule has 0 aromatic heterocycles. The molecule has 0 aromatic rings. The minimum Gasteiger partial charge on any atom is -0.481 e. The van der Waals surface area contributed by atoms with Crippen molar-refractivity contribution in [3.8, 4) is 0 Å². The van der Waals surface area contributed by atoms with E-state index in [0.29, 0.717) is 6.42 Å². The summed E-state index contributed by atoms with van der Waals surface area (Å²) in [5, 5.41) is 12.2. The summed E-state index contributed by atoms with van der Waals surface area (Å²) in [7, 11) is 0. The molecule has 2 fully saturated rings. The van der Waals surface area contributed by atoms with E-state index in [9.17, 15) is 9.59 Å². The van der Waals surface area contributed by atoms with Gasteiger partial charge in [0.25, 0.3) is 0 Å². The van der Waals surface area contributed by atoms with Crippen molar-refractivity contribution >= 4 is 11.9 Å². The van der Waals surface area contributed by atoms with Crippen LogP contribution in [0.1, 0.15) is 77.0 Å². The second-order valence-electron chi connectivity index (χ2n) is 7.06. The highest BCUT2D eigenvalue weighted by Gasteiger charge is 2.38. The molecule has 2 aliphatic rings. The maximum absolute atomic E-state index is 12.4. The molecule has 5 heteroatoms. The van der Waals surface area contributed by atoms with Gasteiger partial charge in [0.15, 0.2) is 0 Å². The Morgan fingerprint density at radius 3 is 1.95 bits per heavy atom. The summed E-state index contributed by atoms with van der Waals surface area (Å²) in [4.78, 5) is 23.5. The van der Waals surface area contributed by atoms with E-state index in [1.165, 1.54) is 6.42 Å². The molecule has 4 N–H and O–H groups in total. The second-order valence-corrected chi connectivity index (χ2v) is 7.06. The SMILES string of the molecule is NC1(CC(=O)NC2(CC(=O)O)CCCCC2)CCCCC1. The number of carboxylic acid groups (broad SMARTS) is 1. The molecule has 5 nitrogen and oxygen atoms in total. The highest BCUT2D eigenvalue weighted by atomic mass is 16.4. The average Bonchev–Trinajstić information content (AvgIpc) is 2.38. The van der Waals surface area contributed by atoms with Crippen LogP contribution in [0.4, 0.5) is 0 Å². The predicted octanol–water partition coefficient (Wildman–Crippen LogP) is 2.33. The molecule has 2 saturated carbocycles. The van der Waals surface area contributed by atoms with Crippen LogP contribution in [0.5, 0.6) is 0 Å². The van der Waals surface area contributed by atoms with Gasteiger partial charge < -0.3 is 16.2 Å². The Kier molecular flexibility index (Phi) is 5.25. The number of rotatable bonds is 5. The summed E-state index contributed by atoms with van der Waals surface area (Å²) < 4.78 is 0. The van der Waals surface area contributed by atoms with Gasteiger partial charge in [-0.05, 0) is 25.7 Å². The van der Waals surface area contributed by atoms with E-state index in [-0.39, 0.29) is 17.9 Å². The van der Waals surface area contributed by atoms with Crippen molar-refractivity contribution in [2.75, 3.05) is 0 Å². The lowest BCUT2D eigenvalue weighted by molar-refractivity contribution is -0.139. The number of aliphatic carboxylic acids is 1. The number of hydrogen-bond acceptors (Lipinski definition) is 3. The van der Waals surface area contributed by atoms with Gasteiger partial charge in [-0.2, -0.15) is 0 Å². The zero-order valence-electron chi connectivity index (χ0n) is 12.8. The van der Waals surface area contributed by atoms with E-state index in [2.05, 4.69) is 5.32 Å². The van der Waals surface area contributed by atoms with Crippen LogP contribution in [0.25, 0.3) is 0 Å². The molecule has 2 rings (SSSR count). The maximum atomic E-state index is 12.4. The van der Waals surface area contributed by atoms with Gasteiger partial charge in [-0.15, -0.1) is 0 Å². The summed E-state index contributed by atoms with van der Waals surface area (Å²) in [6.07, 6.45) is 10.1. The van der Waals surface area contributed by atoms with Gasteiger partial charge in [0.2, 0.25) is 5.91 Å². The van der Waals surface area contributed by atoms with Gasteiger partial charge in [-0.1, -0.05) is 38.5 Å². The molecule has 0 atom stereocenters. The topological polar surface area (TPSA) is 92.4 Å². The Balaban J connectivity index is 1.95. The molecular weight excluding hydrogens is 268 g/mol. The predicted molar refractivity (Wildman–Crippen MR) is 80.8 cm³/mol. The Labute approximate surface area is 126 Å². The molecule has 0 bridgehead atoms. The first-order valence-corrected chi connectivity index (χ1v) is 8.25. The summed E-state index contributed by atoms with van der Waals surface area (Å²) in [5.41, 5.74) is 5.40. The number of carbonyl (C=O) groups excluding carboxylic acids is 1. The van der Waals surface area contributed by atoms with Crippen molar-refractivity contribution in [3.63, 3.8) is 0 Å². The van der Waals surface area contributed by atoms with Crippen molar-refractivity contribution in [1.82, 2.24) is 5.32 Å². The molecule has 0 spiro atoms. The Morgan fingerprint density at radius 1 is 0.905 bits per heavy atom. The van der Waals surface area contributed by atoms with Crippen LogP contribution < -0.4 is 11.1 Å². The highest BCUT2D eigenvalue weighted by molar-refractivity contribution is 5.79. The highest BCUT2D eigenvalue weighted by Crippen LogP contribution is 2.33. The number of carboxylic acids is 1. The lowest BCUT2D eigenvalue weighted by Gasteiger charge is -2.39. The number of amides is 1. The molecule has 0 radical (unpaired) electrons. The third kappa shape index (κ3) is 4.70. The lowest BCUT2D eigenvalue weighted by Crippen LogP contribution is -2.54. The van der Waals surface area contributed by atoms with E-state index < -0.39 is 11.5 Å². The van der Waals surface area contributed by atoms with Crippen LogP contribution in [0.15, 0.2) is 0 Å². The van der Waals surface area contributed by atoms with E-state index in [4.69, 9.17) is 10.8 Å². The summed E-state index contributed by atoms with van der Waals surface area (Å²) >= 11 is 0. The van der Waals surface area contributed by atoms with Crippen LogP contribution >= 0.6 is 0 Å². The first kappa shape index (κ1) is 16.3. The van der Waals surface area contributed by atoms with E-state index in [1.54, 1.807) is 0 Å². The second kappa shape index (κ2) is 6.77. The van der Waals surface area contributed by atoms with Gasteiger partial charge in [-0.25, -0.2) is 0 Å². The summed E-state index contributed by atoms with van der Waals surface area (Å²) in [6.45, 7) is 0. The lowest BCUT2D eigenvalue weighted by atomic mass is 9.77. The molecule has 0 aliphatic heterocycles. The van der Waals surface area contributed by atoms with Crippen LogP contribution in [-0.4, -0.2) is 28.1 Å². The standard InChI is InChI=1S/C16H28N2O3/c17-15(7-3-1-4-8-15)11-13(19)18-16(12-14(20)21)9-5-2-6-10-16/h1-12,17H2,(H,18,19)(H,20,21). The zero-order valence-corrected chi connectivity index (χ0v) is 12.8. The van der Waals surface area contributed by atoms with Crippen molar-refractivity contribution in [3.05, 3.63) is 0 Å². The molecule has 2 aliphatic carbocycles. The van der Waals surface area contributed by atoms with E-state index in [0.717, 1.165) is 57.8 Å². The van der Waals surface area contributed by atoms with E-state index >= 15 is 0 Å². The third-order valence-electron chi connectivity index (χ3n) is 5.07. The Morgan fingerprint density at radius 2 is 1.43 bits per heavy atom. The zero-order chi connectivity index (χ0) is 15.3. The van der Waals surface area contributed by atoms with Crippen LogP contribution in [0, 0.1) is 0 Å². The number of carbonyl (C=O) groups is 2. The molecule has 21 heavy (non-hydrogen) atoms. The molecule has 0 unspecified atom stereocenters. The normalized spacial score (nSPS) is 24.2. The summed E-state index contributed by atoms with van der Waals surface area (Å²) in [6, 6.07) is 0. The first-order valence-electron chi connectivity index (χ1n) is 8.25. The third-order valence-corrected chi connectivity index (χ3v) is 5.07. The van der Waals surface area contributed by atoms with Gasteiger partial charge >= 0.3 is 5.97 Å². The quantitative estimate of drug-likeness (QED) is 0.726. The monoisotopic (exact) mass is 296 g/mol. The molecule has 1 amide bonds. The molecule has 0 heterocycles. The molecule has 120 valence electrons. The minimum atomic E-state index is -0.836. The van der Waals surface area contributed by atoms with Crippen molar-refractivity contribution < 1.29 is 14.7 Å². The largest absolute Gasteiger partial charge is 0.481 e. The molecule has 0 aromatic carbocycles. The fourth-order valence-electron chi connectivity index (χ4n) is 3.96. The van der Waals surface area contributed by atoms with Gasteiger partial charge in [-0.3, -0.25) is 9.59 Å². The molecule has 0 saturated heterocycles. The Bertz CT molecular complexity index is 383. The first-order chi connectivity index (χ1) is 9.93. The average molecular weight is 296 g/mol. The number of hydrogen-bond donors (Lipinski definition) is 3.